The largest absolute Gasteiger partial charge is 0.506 e. The number of amides is 1. The number of carbonyl (C=O) groups is 1. The summed E-state index contributed by atoms with van der Waals surface area (Å²) in [6.45, 7) is 0. The lowest BCUT2D eigenvalue weighted by Crippen LogP contribution is -2.19. The summed E-state index contributed by atoms with van der Waals surface area (Å²) in [5.41, 5.74) is 4.04. The second-order valence-electron chi connectivity index (χ2n) is 5.62. The zero-order valence-corrected chi connectivity index (χ0v) is 22.5. The van der Waals surface area contributed by atoms with Crippen molar-refractivity contribution in [1.29, 1.82) is 0 Å². The molecule has 30 heavy (non-hydrogen) atoms. The molecule has 3 aromatic rings. The number of hydrogen-bond acceptors (Lipinski definition) is 8. The number of halogens is 3. The van der Waals surface area contributed by atoms with Gasteiger partial charge in [0.05, 0.1) is 15.5 Å². The summed E-state index contributed by atoms with van der Waals surface area (Å²) in [6, 6.07) is 11.3. The summed E-state index contributed by atoms with van der Waals surface area (Å²) in [5.74, 6) is 0.741. The molecule has 0 fully saturated rings. The Kier molecular flexibility index (Phi) is 9.50. The van der Waals surface area contributed by atoms with E-state index in [1.54, 1.807) is 17.8 Å². The van der Waals surface area contributed by atoms with Gasteiger partial charge in [-0.05, 0) is 68.9 Å². The van der Waals surface area contributed by atoms with E-state index < -0.39 is 0 Å². The van der Waals surface area contributed by atoms with E-state index >= 15 is 0 Å². The number of phenolic OH excluding ortho intramolecular Hbond substituents is 1. The van der Waals surface area contributed by atoms with Gasteiger partial charge in [-0.3, -0.25) is 4.79 Å². The van der Waals surface area contributed by atoms with Crippen molar-refractivity contribution in [2.24, 2.45) is 5.10 Å². The molecule has 2 aromatic carbocycles. The van der Waals surface area contributed by atoms with Gasteiger partial charge in [0.2, 0.25) is 0 Å². The first-order chi connectivity index (χ1) is 14.4. The van der Waals surface area contributed by atoms with E-state index in [1.807, 2.05) is 52.9 Å². The van der Waals surface area contributed by atoms with Gasteiger partial charge in [0.25, 0.3) is 5.91 Å². The summed E-state index contributed by atoms with van der Waals surface area (Å²) in [4.78, 5) is 12.0. The molecule has 0 bridgehead atoms. The standard InChI is InChI=1S/C18H13ClI2N4O2S3/c19-13-4-2-1-3-10(13)8-28-17-24-25-18(30-17)29-9-15(26)23-22-7-11-5-12(20)6-14(21)16(11)27/h1-7,27H,8-9H2,(H,23,26)/b22-7-. The van der Waals surface area contributed by atoms with Crippen LogP contribution < -0.4 is 5.43 Å². The van der Waals surface area contributed by atoms with Crippen molar-refractivity contribution in [3.8, 4) is 5.75 Å². The first-order valence-electron chi connectivity index (χ1n) is 8.25. The van der Waals surface area contributed by atoms with Crippen molar-refractivity contribution in [3.05, 3.63) is 59.7 Å². The molecular weight excluding hydrogens is 690 g/mol. The van der Waals surface area contributed by atoms with E-state index in [4.69, 9.17) is 11.6 Å². The average Bonchev–Trinajstić information content (AvgIpc) is 3.17. The van der Waals surface area contributed by atoms with Crippen LogP contribution in [0.25, 0.3) is 0 Å². The average molecular weight is 703 g/mol. The predicted octanol–water partition coefficient (Wildman–Crippen LogP) is 5.64. The third-order valence-electron chi connectivity index (χ3n) is 3.47. The predicted molar refractivity (Wildman–Crippen MR) is 141 cm³/mol. The molecule has 0 saturated carbocycles. The minimum Gasteiger partial charge on any atom is -0.506 e. The van der Waals surface area contributed by atoms with Gasteiger partial charge < -0.3 is 5.11 Å². The number of nitrogens with zero attached hydrogens (tertiary/aromatic N) is 3. The number of nitrogens with one attached hydrogen (secondary N) is 1. The number of hydrogen-bond donors (Lipinski definition) is 2. The molecule has 1 heterocycles. The number of thioether (sulfide) groups is 2. The summed E-state index contributed by atoms with van der Waals surface area (Å²) in [6.07, 6.45) is 1.43. The topological polar surface area (TPSA) is 87.5 Å². The van der Waals surface area contributed by atoms with Gasteiger partial charge in [-0.2, -0.15) is 5.10 Å². The Hall–Kier alpha value is -0.610. The molecule has 1 aromatic heterocycles. The highest BCUT2D eigenvalue weighted by Gasteiger charge is 2.10. The van der Waals surface area contributed by atoms with Gasteiger partial charge in [-0.25, -0.2) is 5.43 Å². The molecule has 2 N–H and O–H groups in total. The van der Waals surface area contributed by atoms with Crippen molar-refractivity contribution < 1.29 is 9.90 Å². The molecule has 6 nitrogen and oxygen atoms in total. The zero-order chi connectivity index (χ0) is 21.5. The first-order valence-corrected chi connectivity index (χ1v) is 13.6. The van der Waals surface area contributed by atoms with E-state index in [0.717, 1.165) is 22.1 Å². The smallest absolute Gasteiger partial charge is 0.250 e. The Bertz CT molecular complexity index is 1080. The number of aromatic nitrogens is 2. The van der Waals surface area contributed by atoms with Gasteiger partial charge in [-0.1, -0.05) is 64.7 Å². The Morgan fingerprint density at radius 3 is 2.73 bits per heavy atom. The fourth-order valence-electron chi connectivity index (χ4n) is 2.09. The Balaban J connectivity index is 1.46. The number of aromatic hydroxyl groups is 1. The van der Waals surface area contributed by atoms with Crippen LogP contribution in [0.2, 0.25) is 5.02 Å². The van der Waals surface area contributed by atoms with Crippen molar-refractivity contribution in [1.82, 2.24) is 15.6 Å². The summed E-state index contributed by atoms with van der Waals surface area (Å²) in [5, 5.41) is 22.9. The van der Waals surface area contributed by atoms with E-state index in [1.165, 1.54) is 29.3 Å². The maximum absolute atomic E-state index is 12.0. The van der Waals surface area contributed by atoms with Gasteiger partial charge in [-0.15, -0.1) is 10.2 Å². The molecule has 156 valence electrons. The maximum Gasteiger partial charge on any atom is 0.250 e. The number of benzene rings is 2. The van der Waals surface area contributed by atoms with Crippen molar-refractivity contribution in [2.45, 2.75) is 14.4 Å². The van der Waals surface area contributed by atoms with Gasteiger partial charge in [0, 0.05) is 19.9 Å². The second kappa shape index (κ2) is 11.9. The minimum absolute atomic E-state index is 0.138. The molecule has 12 heteroatoms. The lowest BCUT2D eigenvalue weighted by Gasteiger charge is -2.03. The third-order valence-corrected chi connectivity index (χ3v) is 8.53. The van der Waals surface area contributed by atoms with E-state index in [0.29, 0.717) is 15.7 Å². The van der Waals surface area contributed by atoms with Crippen molar-refractivity contribution >= 4 is 104 Å². The molecule has 0 saturated heterocycles. The maximum atomic E-state index is 12.0. The summed E-state index contributed by atoms with van der Waals surface area (Å²) < 4.78 is 3.22. The molecule has 0 aliphatic rings. The molecular formula is C18H13ClI2N4O2S3. The fourth-order valence-corrected chi connectivity index (χ4v) is 7.07. The van der Waals surface area contributed by atoms with E-state index in [-0.39, 0.29) is 17.4 Å². The van der Waals surface area contributed by atoms with Crippen LogP contribution in [0.3, 0.4) is 0 Å². The molecule has 0 spiro atoms. The lowest BCUT2D eigenvalue weighted by molar-refractivity contribution is -0.118. The number of phenols is 1. The van der Waals surface area contributed by atoms with Crippen LogP contribution in [0.1, 0.15) is 11.1 Å². The van der Waals surface area contributed by atoms with Gasteiger partial charge in [0.15, 0.2) is 8.68 Å². The Labute approximate surface area is 217 Å². The van der Waals surface area contributed by atoms with Crippen LogP contribution in [0, 0.1) is 7.14 Å². The van der Waals surface area contributed by atoms with Crippen LogP contribution in [-0.2, 0) is 10.5 Å². The van der Waals surface area contributed by atoms with Gasteiger partial charge in [0.1, 0.15) is 5.75 Å². The monoisotopic (exact) mass is 702 g/mol. The SMILES string of the molecule is O=C(CSc1nnc(SCc2ccccc2Cl)s1)N/N=C\c1cc(I)cc(I)c1O. The molecule has 3 rings (SSSR count). The quantitative estimate of drug-likeness (QED) is 0.137. The second-order valence-corrected chi connectivity index (χ2v) is 11.9. The van der Waals surface area contributed by atoms with Crippen molar-refractivity contribution in [2.75, 3.05) is 5.75 Å². The number of rotatable bonds is 8. The Morgan fingerprint density at radius 1 is 1.23 bits per heavy atom. The molecule has 1 amide bonds. The highest BCUT2D eigenvalue weighted by atomic mass is 127. The molecule has 0 aliphatic heterocycles. The minimum atomic E-state index is -0.267. The fraction of sp³-hybridized carbons (Fsp3) is 0.111. The molecule has 0 radical (unpaired) electrons. The Morgan fingerprint density at radius 2 is 1.97 bits per heavy atom. The van der Waals surface area contributed by atoms with E-state index in [2.05, 4.69) is 43.3 Å². The highest BCUT2D eigenvalue weighted by molar-refractivity contribution is 14.1. The number of hydrazone groups is 1. The van der Waals surface area contributed by atoms with Crippen molar-refractivity contribution in [3.63, 3.8) is 0 Å². The van der Waals surface area contributed by atoms with E-state index in [9.17, 15) is 9.90 Å². The first kappa shape index (κ1) is 24.0. The van der Waals surface area contributed by atoms with Gasteiger partial charge >= 0.3 is 0 Å². The van der Waals surface area contributed by atoms with Crippen LogP contribution >= 0.6 is 91.6 Å². The van der Waals surface area contributed by atoms with Crippen LogP contribution in [0.4, 0.5) is 0 Å². The van der Waals surface area contributed by atoms with Crippen LogP contribution in [0.15, 0.2) is 50.2 Å². The molecule has 0 unspecified atom stereocenters. The highest BCUT2D eigenvalue weighted by Crippen LogP contribution is 2.32. The van der Waals surface area contributed by atoms with Crippen LogP contribution in [-0.4, -0.2) is 33.2 Å². The lowest BCUT2D eigenvalue weighted by atomic mass is 10.2. The summed E-state index contributed by atoms with van der Waals surface area (Å²) in [7, 11) is 0. The molecule has 0 atom stereocenters. The molecule has 0 aliphatic carbocycles. The number of carbonyl (C=O) groups excluding carboxylic acids is 1. The summed E-state index contributed by atoms with van der Waals surface area (Å²) >= 11 is 14.7. The zero-order valence-electron chi connectivity index (χ0n) is 15.0. The normalized spacial score (nSPS) is 11.2. The van der Waals surface area contributed by atoms with Crippen LogP contribution in [0.5, 0.6) is 5.75 Å². The third kappa shape index (κ3) is 7.22.